The van der Waals surface area contributed by atoms with E-state index in [2.05, 4.69) is 31.1 Å². The van der Waals surface area contributed by atoms with Crippen molar-refractivity contribution in [3.05, 3.63) is 42.4 Å². The summed E-state index contributed by atoms with van der Waals surface area (Å²) in [6.07, 6.45) is 1.48. The van der Waals surface area contributed by atoms with Crippen LogP contribution in [0.5, 0.6) is 0 Å². The molecule has 0 spiro atoms. The second kappa shape index (κ2) is 7.06. The number of hydrogen-bond donors (Lipinski definition) is 1. The average molecular weight is 393 g/mol. The molecular formula is C12H11BrClN3O3S. The molecule has 0 atom stereocenters. The molecule has 0 fully saturated rings. The van der Waals surface area contributed by atoms with Gasteiger partial charge in [0.2, 0.25) is 0 Å². The molecule has 2 aromatic heterocycles. The maximum atomic E-state index is 12.0. The third-order valence-electron chi connectivity index (χ3n) is 2.57. The highest BCUT2D eigenvalue weighted by Crippen LogP contribution is 2.23. The summed E-state index contributed by atoms with van der Waals surface area (Å²) in [4.78, 5) is 24.3. The molecule has 0 aliphatic rings. The quantitative estimate of drug-likeness (QED) is 0.792. The molecule has 2 heterocycles. The van der Waals surface area contributed by atoms with Gasteiger partial charge in [-0.2, -0.15) is 5.10 Å². The number of nitrogens with one attached hydrogen (secondary N) is 1. The van der Waals surface area contributed by atoms with Crippen LogP contribution in [0.4, 0.5) is 5.69 Å². The number of thiophene rings is 1. The Morgan fingerprint density at radius 3 is 2.95 bits per heavy atom. The van der Waals surface area contributed by atoms with E-state index >= 15 is 0 Å². The minimum Gasteiger partial charge on any atom is -0.468 e. The van der Waals surface area contributed by atoms with Gasteiger partial charge in [0.05, 0.1) is 23.3 Å². The minimum absolute atomic E-state index is 0.227. The zero-order chi connectivity index (χ0) is 15.4. The Labute approximate surface area is 137 Å². The van der Waals surface area contributed by atoms with Crippen molar-refractivity contribution in [1.29, 1.82) is 0 Å². The lowest BCUT2D eigenvalue weighted by atomic mass is 10.4. The van der Waals surface area contributed by atoms with E-state index in [9.17, 15) is 9.59 Å². The number of rotatable bonds is 5. The van der Waals surface area contributed by atoms with Crippen molar-refractivity contribution in [3.63, 3.8) is 0 Å². The van der Waals surface area contributed by atoms with Gasteiger partial charge in [0.15, 0.2) is 0 Å². The molecule has 21 heavy (non-hydrogen) atoms. The van der Waals surface area contributed by atoms with Crippen molar-refractivity contribution in [2.45, 2.75) is 13.1 Å². The molecule has 6 nitrogen and oxygen atoms in total. The van der Waals surface area contributed by atoms with E-state index in [1.54, 1.807) is 0 Å². The number of hydrogen-bond acceptors (Lipinski definition) is 6. The van der Waals surface area contributed by atoms with Crippen LogP contribution >= 0.6 is 38.9 Å². The van der Waals surface area contributed by atoms with Crippen LogP contribution < -0.4 is 10.9 Å². The Morgan fingerprint density at radius 2 is 2.33 bits per heavy atom. The normalized spacial score (nSPS) is 10.4. The number of esters is 1. The lowest BCUT2D eigenvalue weighted by Crippen LogP contribution is -2.28. The molecule has 0 aromatic carbocycles. The molecule has 0 aliphatic heterocycles. The Balaban J connectivity index is 2.13. The van der Waals surface area contributed by atoms with E-state index in [1.807, 2.05) is 12.1 Å². The van der Waals surface area contributed by atoms with Crippen LogP contribution in [0.25, 0.3) is 0 Å². The summed E-state index contributed by atoms with van der Waals surface area (Å²) in [6, 6.07) is 3.71. The predicted molar refractivity (Wildman–Crippen MR) is 84.9 cm³/mol. The molecule has 0 unspecified atom stereocenters. The highest BCUT2D eigenvalue weighted by atomic mass is 79.9. The van der Waals surface area contributed by atoms with E-state index in [4.69, 9.17) is 11.6 Å². The molecular weight excluding hydrogens is 382 g/mol. The summed E-state index contributed by atoms with van der Waals surface area (Å²) in [6.45, 7) is 0.298. The molecule has 0 radical (unpaired) electrons. The third kappa shape index (κ3) is 4.05. The fourth-order valence-electron chi connectivity index (χ4n) is 1.52. The van der Waals surface area contributed by atoms with Gasteiger partial charge in [-0.05, 0) is 28.1 Å². The van der Waals surface area contributed by atoms with E-state index in [0.29, 0.717) is 21.0 Å². The number of aromatic nitrogens is 2. The van der Waals surface area contributed by atoms with E-state index < -0.39 is 11.5 Å². The maximum Gasteiger partial charge on any atom is 0.327 e. The second-order valence-electron chi connectivity index (χ2n) is 3.97. The average Bonchev–Trinajstić information content (AvgIpc) is 2.88. The first kappa shape index (κ1) is 16.0. The van der Waals surface area contributed by atoms with Crippen LogP contribution in [-0.4, -0.2) is 22.9 Å². The summed E-state index contributed by atoms with van der Waals surface area (Å²) >= 11 is 10.5. The zero-order valence-corrected chi connectivity index (χ0v) is 14.1. The lowest BCUT2D eigenvalue weighted by Gasteiger charge is -2.09. The topological polar surface area (TPSA) is 73.2 Å². The first-order valence-corrected chi connectivity index (χ1v) is 7.80. The number of anilines is 1. The van der Waals surface area contributed by atoms with Crippen LogP contribution in [-0.2, 0) is 22.6 Å². The summed E-state index contributed by atoms with van der Waals surface area (Å²) in [5, 5.41) is 7.02. The first-order chi connectivity index (χ1) is 10.0. The Hall–Kier alpha value is -1.38. The Bertz CT molecular complexity index is 716. The predicted octanol–water partition coefficient (Wildman–Crippen LogP) is 2.51. The molecule has 1 N–H and O–H groups in total. The second-order valence-corrected chi connectivity index (χ2v) is 6.56. The van der Waals surface area contributed by atoms with Gasteiger partial charge in [-0.15, -0.1) is 11.3 Å². The fraction of sp³-hybridized carbons (Fsp3) is 0.250. The molecule has 9 heteroatoms. The van der Waals surface area contributed by atoms with Crippen LogP contribution in [0, 0.1) is 0 Å². The van der Waals surface area contributed by atoms with Crippen molar-refractivity contribution in [2.24, 2.45) is 0 Å². The maximum absolute atomic E-state index is 12.0. The summed E-state index contributed by atoms with van der Waals surface area (Å²) in [5.41, 5.74) is 0.139. The van der Waals surface area contributed by atoms with Crippen molar-refractivity contribution in [3.8, 4) is 0 Å². The molecule has 0 amide bonds. The molecule has 2 aromatic rings. The monoisotopic (exact) mass is 391 g/mol. The van der Waals surface area contributed by atoms with E-state index in [1.165, 1.54) is 24.6 Å². The van der Waals surface area contributed by atoms with Crippen LogP contribution in [0.3, 0.4) is 0 Å². The van der Waals surface area contributed by atoms with E-state index in [-0.39, 0.29) is 6.54 Å². The fourth-order valence-corrected chi connectivity index (χ4v) is 2.99. The highest BCUT2D eigenvalue weighted by molar-refractivity contribution is 9.10. The summed E-state index contributed by atoms with van der Waals surface area (Å²) in [5.74, 6) is -0.537. The van der Waals surface area contributed by atoms with Gasteiger partial charge in [-0.25, -0.2) is 4.68 Å². The van der Waals surface area contributed by atoms with Gasteiger partial charge < -0.3 is 10.1 Å². The van der Waals surface area contributed by atoms with Gasteiger partial charge in [-0.1, -0.05) is 11.6 Å². The van der Waals surface area contributed by atoms with Gasteiger partial charge in [0.25, 0.3) is 5.56 Å². The van der Waals surface area contributed by atoms with Crippen molar-refractivity contribution in [1.82, 2.24) is 9.78 Å². The van der Waals surface area contributed by atoms with Crippen molar-refractivity contribution < 1.29 is 9.53 Å². The standard InChI is InChI=1S/C12H11BrClN3O3S/c1-20-10(18)6-17-12(19)11(13)8(5-16-17)15-4-7-2-3-9(14)21-7/h2-3,5,15H,4,6H2,1H3. The number of ether oxygens (including phenoxy) is 1. The molecule has 0 bridgehead atoms. The van der Waals surface area contributed by atoms with Gasteiger partial charge in [0, 0.05) is 11.4 Å². The molecule has 112 valence electrons. The van der Waals surface area contributed by atoms with Crippen LogP contribution in [0.15, 0.2) is 27.6 Å². The molecule has 0 saturated heterocycles. The molecule has 2 rings (SSSR count). The van der Waals surface area contributed by atoms with Crippen molar-refractivity contribution >= 4 is 50.5 Å². The van der Waals surface area contributed by atoms with Gasteiger partial charge in [0.1, 0.15) is 11.0 Å². The summed E-state index contributed by atoms with van der Waals surface area (Å²) in [7, 11) is 1.25. The Morgan fingerprint density at radius 1 is 1.57 bits per heavy atom. The number of carbonyl (C=O) groups excluding carboxylic acids is 1. The minimum atomic E-state index is -0.537. The zero-order valence-electron chi connectivity index (χ0n) is 10.9. The SMILES string of the molecule is COC(=O)Cn1ncc(NCc2ccc(Cl)s2)c(Br)c1=O. The third-order valence-corrected chi connectivity index (χ3v) is 4.57. The number of nitrogens with zero attached hydrogens (tertiary/aromatic N) is 2. The van der Waals surface area contributed by atoms with Crippen LogP contribution in [0.2, 0.25) is 4.34 Å². The molecule has 0 saturated carbocycles. The Kier molecular flexibility index (Phi) is 5.38. The van der Waals surface area contributed by atoms with E-state index in [0.717, 1.165) is 9.56 Å². The first-order valence-electron chi connectivity index (χ1n) is 5.81. The number of halogens is 2. The van der Waals surface area contributed by atoms with Gasteiger partial charge in [-0.3, -0.25) is 9.59 Å². The van der Waals surface area contributed by atoms with Gasteiger partial charge >= 0.3 is 5.97 Å². The highest BCUT2D eigenvalue weighted by Gasteiger charge is 2.11. The number of carbonyl (C=O) groups is 1. The summed E-state index contributed by atoms with van der Waals surface area (Å²) < 4.78 is 6.55. The molecule has 0 aliphatic carbocycles. The number of methoxy groups -OCH3 is 1. The lowest BCUT2D eigenvalue weighted by molar-refractivity contribution is -0.141. The largest absolute Gasteiger partial charge is 0.468 e. The smallest absolute Gasteiger partial charge is 0.327 e. The van der Waals surface area contributed by atoms with Crippen molar-refractivity contribution in [2.75, 3.05) is 12.4 Å². The van der Waals surface area contributed by atoms with Crippen LogP contribution in [0.1, 0.15) is 4.88 Å².